The van der Waals surface area contributed by atoms with Crippen LogP contribution in [0.15, 0.2) is 18.4 Å². The van der Waals surface area contributed by atoms with Gasteiger partial charge in [-0.2, -0.15) is 0 Å². The summed E-state index contributed by atoms with van der Waals surface area (Å²) in [6, 6.07) is -2.53. The average molecular weight is 434 g/mol. The number of rotatable bonds is 11. The maximum absolute atomic E-state index is 12.7. The molecule has 1 aliphatic carbocycles. The molecule has 0 aromatic heterocycles. The normalized spacial score (nSPS) is 25.6. The number of carbonyl (C=O) groups excluding carboxylic acids is 5. The molecule has 0 aromatic carbocycles. The van der Waals surface area contributed by atoms with E-state index in [1.165, 1.54) is 13.0 Å². The van der Waals surface area contributed by atoms with Gasteiger partial charge in [0.15, 0.2) is 5.78 Å². The van der Waals surface area contributed by atoms with Crippen LogP contribution in [0.25, 0.3) is 0 Å². The van der Waals surface area contributed by atoms with Crippen LogP contribution in [-0.4, -0.2) is 76.6 Å². The maximum atomic E-state index is 12.7. The zero-order chi connectivity index (χ0) is 23.3. The number of likely N-dealkylation sites (tertiary alicyclic amines) is 1. The fraction of sp³-hybridized carbons (Fsp3) is 0.619. The average Bonchev–Trinajstić information content (AvgIpc) is 3.12. The van der Waals surface area contributed by atoms with Crippen molar-refractivity contribution < 1.29 is 29.1 Å². The molecule has 0 spiro atoms. The van der Waals surface area contributed by atoms with Crippen LogP contribution >= 0.6 is 0 Å². The summed E-state index contributed by atoms with van der Waals surface area (Å²) in [6.07, 6.45) is 2.34. The predicted molar refractivity (Wildman–Crippen MR) is 110 cm³/mol. The van der Waals surface area contributed by atoms with Crippen molar-refractivity contribution in [3.05, 3.63) is 18.4 Å². The first-order valence-electron chi connectivity index (χ1n) is 10.3. The Kier molecular flexibility index (Phi) is 8.27. The Morgan fingerprint density at radius 2 is 2.00 bits per heavy atom. The second-order valence-electron chi connectivity index (χ2n) is 8.07. The topological polar surface area (TPSA) is 159 Å². The first-order valence-corrected chi connectivity index (χ1v) is 10.3. The van der Waals surface area contributed by atoms with Crippen molar-refractivity contribution in [3.8, 4) is 0 Å². The second-order valence-corrected chi connectivity index (χ2v) is 8.07. The number of nitrogens with one attached hydrogen (secondary N) is 2. The molecule has 2 rings (SSSR count). The summed E-state index contributed by atoms with van der Waals surface area (Å²) in [6.45, 7) is 6.64. The summed E-state index contributed by atoms with van der Waals surface area (Å²) in [7, 11) is 0. The molecule has 1 saturated carbocycles. The van der Waals surface area contributed by atoms with Crippen LogP contribution in [0.4, 0.5) is 0 Å². The molecule has 170 valence electrons. The second kappa shape index (κ2) is 10.5. The van der Waals surface area contributed by atoms with Crippen LogP contribution in [0.1, 0.15) is 33.1 Å². The highest BCUT2D eigenvalue weighted by atomic mass is 16.3. The first kappa shape index (κ1) is 24.5. The standard InChI is InChI=1S/C21H30N4O6/c1-4-6-13(10-26)20(30)24-14(9-16(22)28)21(31)23-11(2)17-18(19(17)29)25-8-5-7-15(25)12(3)27/h6,11,13-15,17-18,26H,1,5,7-10H2,2-3H3,(H2,22,28)(H,23,31)(H,24,30). The predicted octanol–water partition coefficient (Wildman–Crippen LogP) is -1.58. The van der Waals surface area contributed by atoms with Crippen molar-refractivity contribution in [2.24, 2.45) is 17.6 Å². The Balaban J connectivity index is 2.03. The van der Waals surface area contributed by atoms with Crippen LogP contribution < -0.4 is 16.4 Å². The monoisotopic (exact) mass is 434 g/mol. The van der Waals surface area contributed by atoms with Crippen molar-refractivity contribution >= 4 is 29.3 Å². The number of hydrogen-bond donors (Lipinski definition) is 4. The van der Waals surface area contributed by atoms with E-state index in [0.717, 1.165) is 6.42 Å². The number of aliphatic hydroxyl groups is 1. The van der Waals surface area contributed by atoms with Crippen molar-refractivity contribution in [1.82, 2.24) is 15.5 Å². The Bertz CT molecular complexity index is 806. The summed E-state index contributed by atoms with van der Waals surface area (Å²) >= 11 is 0. The molecule has 2 aliphatic rings. The van der Waals surface area contributed by atoms with Crippen molar-refractivity contribution in [2.45, 2.75) is 57.3 Å². The third-order valence-electron chi connectivity index (χ3n) is 5.77. The highest BCUT2D eigenvalue weighted by molar-refractivity contribution is 6.05. The van der Waals surface area contributed by atoms with Crippen molar-refractivity contribution in [2.75, 3.05) is 13.2 Å². The van der Waals surface area contributed by atoms with Gasteiger partial charge in [-0.25, -0.2) is 0 Å². The molecule has 6 unspecified atom stereocenters. The minimum Gasteiger partial charge on any atom is -0.395 e. The molecule has 10 nitrogen and oxygen atoms in total. The summed E-state index contributed by atoms with van der Waals surface area (Å²) < 4.78 is 0. The highest BCUT2D eigenvalue weighted by Crippen LogP contribution is 2.38. The highest BCUT2D eigenvalue weighted by Gasteiger charge is 2.58. The minimum atomic E-state index is -1.26. The molecule has 1 saturated heterocycles. The quantitative estimate of drug-likeness (QED) is 0.286. The van der Waals surface area contributed by atoms with E-state index in [9.17, 15) is 29.1 Å². The van der Waals surface area contributed by atoms with E-state index in [2.05, 4.69) is 22.9 Å². The zero-order valence-electron chi connectivity index (χ0n) is 17.8. The van der Waals surface area contributed by atoms with Crippen LogP contribution in [-0.2, 0) is 24.0 Å². The number of primary amides is 1. The lowest BCUT2D eigenvalue weighted by Gasteiger charge is -2.24. The zero-order valence-corrected chi connectivity index (χ0v) is 17.8. The molecule has 5 N–H and O–H groups in total. The molecule has 2 fully saturated rings. The summed E-state index contributed by atoms with van der Waals surface area (Å²) in [5.41, 5.74) is 7.60. The van der Waals surface area contributed by atoms with Gasteiger partial charge in [-0.15, -0.1) is 5.73 Å². The Hall–Kier alpha value is -2.81. The van der Waals surface area contributed by atoms with Crippen LogP contribution in [0.2, 0.25) is 0 Å². The molecule has 0 radical (unpaired) electrons. The van der Waals surface area contributed by atoms with Gasteiger partial charge in [0.25, 0.3) is 0 Å². The Morgan fingerprint density at radius 1 is 1.32 bits per heavy atom. The van der Waals surface area contributed by atoms with Gasteiger partial charge in [-0.05, 0) is 39.3 Å². The number of Topliss-reactive ketones (excluding diaryl/α,β-unsaturated/α-hetero) is 2. The number of nitrogens with two attached hydrogens (primary N) is 1. The van der Waals surface area contributed by atoms with Gasteiger partial charge in [-0.1, -0.05) is 6.58 Å². The molecule has 3 amide bonds. The molecular formula is C21H30N4O6. The molecule has 1 heterocycles. The SMILES string of the molecule is C=C=CC(CO)C(=O)NC(CC(N)=O)C(=O)NC(C)C1C(=O)C1N1CCCC1C(C)=O. The lowest BCUT2D eigenvalue weighted by molar-refractivity contribution is -0.133. The van der Waals surface area contributed by atoms with Gasteiger partial charge < -0.3 is 21.5 Å². The third-order valence-corrected chi connectivity index (χ3v) is 5.77. The third kappa shape index (κ3) is 5.88. The smallest absolute Gasteiger partial charge is 0.243 e. The van der Waals surface area contributed by atoms with E-state index in [-0.39, 0.29) is 17.6 Å². The van der Waals surface area contributed by atoms with Gasteiger partial charge in [0.05, 0.1) is 36.9 Å². The van der Waals surface area contributed by atoms with Crippen LogP contribution in [0.5, 0.6) is 0 Å². The summed E-state index contributed by atoms with van der Waals surface area (Å²) in [5.74, 6) is -3.63. The summed E-state index contributed by atoms with van der Waals surface area (Å²) in [5, 5.41) is 14.4. The molecule has 6 atom stereocenters. The van der Waals surface area contributed by atoms with Gasteiger partial charge in [-0.3, -0.25) is 28.9 Å². The fourth-order valence-corrected chi connectivity index (χ4v) is 4.15. The minimum absolute atomic E-state index is 0.0175. The number of nitrogens with zero attached hydrogens (tertiary/aromatic N) is 1. The number of amides is 3. The van der Waals surface area contributed by atoms with E-state index in [0.29, 0.717) is 13.0 Å². The van der Waals surface area contributed by atoms with Gasteiger partial charge in [0.1, 0.15) is 11.8 Å². The van der Waals surface area contributed by atoms with E-state index in [1.54, 1.807) is 6.92 Å². The molecule has 1 aliphatic heterocycles. The fourth-order valence-electron chi connectivity index (χ4n) is 4.15. The van der Waals surface area contributed by atoms with Crippen molar-refractivity contribution in [3.63, 3.8) is 0 Å². The molecule has 10 heteroatoms. The largest absolute Gasteiger partial charge is 0.395 e. The Labute approximate surface area is 180 Å². The number of carbonyl (C=O) groups is 5. The van der Waals surface area contributed by atoms with Crippen LogP contribution in [0.3, 0.4) is 0 Å². The summed E-state index contributed by atoms with van der Waals surface area (Å²) in [4.78, 5) is 62.5. The molecule has 31 heavy (non-hydrogen) atoms. The first-order chi connectivity index (χ1) is 14.6. The maximum Gasteiger partial charge on any atom is 0.243 e. The van der Waals surface area contributed by atoms with Crippen LogP contribution in [0, 0.1) is 11.8 Å². The van der Waals surface area contributed by atoms with Crippen molar-refractivity contribution in [1.29, 1.82) is 0 Å². The van der Waals surface area contributed by atoms with E-state index < -0.39 is 60.7 Å². The van der Waals surface area contributed by atoms with E-state index >= 15 is 0 Å². The van der Waals surface area contributed by atoms with Gasteiger partial charge >= 0.3 is 0 Å². The lowest BCUT2D eigenvalue weighted by Crippen LogP contribution is -2.52. The number of aliphatic hydroxyl groups excluding tert-OH is 1. The molecule has 0 bridgehead atoms. The van der Waals surface area contributed by atoms with Gasteiger partial charge in [0, 0.05) is 6.04 Å². The number of ketones is 2. The Morgan fingerprint density at radius 3 is 2.55 bits per heavy atom. The lowest BCUT2D eigenvalue weighted by atomic mass is 10.1. The van der Waals surface area contributed by atoms with E-state index in [4.69, 9.17) is 5.73 Å². The molecular weight excluding hydrogens is 404 g/mol. The number of hydrogen-bond acceptors (Lipinski definition) is 7. The van der Waals surface area contributed by atoms with Gasteiger partial charge in [0.2, 0.25) is 17.7 Å². The molecule has 0 aromatic rings. The van der Waals surface area contributed by atoms with E-state index in [1.807, 2.05) is 4.90 Å².